The molecule has 38 heteroatoms. The number of phenolic OH excluding ortho intramolecular Hbond substituents is 1. The maximum atomic E-state index is 14.5. The first-order chi connectivity index (χ1) is 50.2. The number of carbonyl (C=O) groups excluding carboxylic acids is 14. The van der Waals surface area contributed by atoms with E-state index in [4.69, 9.17) is 17.2 Å². The van der Waals surface area contributed by atoms with E-state index in [0.717, 1.165) is 4.90 Å². The highest BCUT2D eigenvalue weighted by Crippen LogP contribution is 2.21. The molecule has 107 heavy (non-hydrogen) atoms. The Morgan fingerprint density at radius 1 is 0.523 bits per heavy atom. The van der Waals surface area contributed by atoms with Gasteiger partial charge < -0.3 is 112 Å². The highest BCUT2D eigenvalue weighted by atomic mass is 32.1. The number of hydrogen-bond donors (Lipinski definition) is 21. The molecule has 1 aromatic carbocycles. The Kier molecular flexibility index (Phi) is 41.4. The molecule has 37 nitrogen and oxygen atoms in total. The highest BCUT2D eigenvalue weighted by molar-refractivity contribution is 7.80. The SMILES string of the molecule is CCC(C)C(NC(=O)CNC(=O)C(CC(C)C)NC(=O)C(CC(C)C)NC(=O)C(CCCN=C(N)N)NC(=O)C(CO)NC(=O)C(NC(=O)C(Cc1ccc(O)cc1)NC(=O)C1CCCN1C(=O)C(CO)NC(=O)CNC(=O)C(NC(=O)CN)C(C)C)C(C)C)C(=O)NC(CS)C(=O)NC(CC(C)C)C(=O)O. The monoisotopic (exact) mass is 1530 g/mol. The zero-order valence-electron chi connectivity index (χ0n) is 63.2. The van der Waals surface area contributed by atoms with Crippen molar-refractivity contribution in [2.45, 2.75) is 213 Å². The molecule has 0 aliphatic carbocycles. The summed E-state index contributed by atoms with van der Waals surface area (Å²) in [6.45, 7) is 16.6. The van der Waals surface area contributed by atoms with Crippen molar-refractivity contribution in [2.75, 3.05) is 51.7 Å². The van der Waals surface area contributed by atoms with Crippen LogP contribution in [-0.4, -0.2) is 244 Å². The third-order valence-electron chi connectivity index (χ3n) is 17.2. The first kappa shape index (κ1) is 93.7. The van der Waals surface area contributed by atoms with E-state index in [0.29, 0.717) is 12.0 Å². The van der Waals surface area contributed by atoms with Crippen LogP contribution < -0.4 is 86.3 Å². The van der Waals surface area contributed by atoms with E-state index >= 15 is 0 Å². The number of nitrogens with zero attached hydrogens (tertiary/aromatic N) is 2. The summed E-state index contributed by atoms with van der Waals surface area (Å²) in [7, 11) is 0. The third kappa shape index (κ3) is 33.1. The Morgan fingerprint density at radius 3 is 1.49 bits per heavy atom. The van der Waals surface area contributed by atoms with Gasteiger partial charge in [0.25, 0.3) is 0 Å². The summed E-state index contributed by atoms with van der Waals surface area (Å²) in [4.78, 5) is 209. The molecule has 0 bridgehead atoms. The highest BCUT2D eigenvalue weighted by Gasteiger charge is 2.41. The number of aliphatic imine (C=N–C) groups is 1. The largest absolute Gasteiger partial charge is 0.508 e. The maximum absolute atomic E-state index is 14.5. The Labute approximate surface area is 629 Å². The molecule has 1 fully saturated rings. The number of aliphatic hydroxyl groups excluding tert-OH is 2. The molecule has 602 valence electrons. The van der Waals surface area contributed by atoms with Crippen LogP contribution >= 0.6 is 12.6 Å². The number of hydrogen-bond acceptors (Lipinski definition) is 21. The fourth-order valence-corrected chi connectivity index (χ4v) is 11.5. The molecule has 0 spiro atoms. The van der Waals surface area contributed by atoms with E-state index in [9.17, 15) is 92.3 Å². The second-order valence-electron chi connectivity index (χ2n) is 28.4. The van der Waals surface area contributed by atoms with Crippen LogP contribution in [0.15, 0.2) is 29.3 Å². The lowest BCUT2D eigenvalue weighted by Gasteiger charge is -2.30. The minimum Gasteiger partial charge on any atom is -0.508 e. The van der Waals surface area contributed by atoms with Crippen molar-refractivity contribution in [1.82, 2.24) is 74.0 Å². The molecule has 23 N–H and O–H groups in total. The molecule has 0 aromatic heterocycles. The number of amides is 14. The summed E-state index contributed by atoms with van der Waals surface area (Å²) in [6.07, 6.45) is 0.419. The number of nitrogens with two attached hydrogens (primary N) is 3. The Hall–Kier alpha value is -9.43. The molecule has 2 rings (SSSR count). The standard InChI is InChI=1S/C69H116N18O19S/c1-13-39(12)56(66(103)83-49(33-107)62(99)81-46(68(105)106)26-36(6)7)85-53(93)30-74-57(94)43(24-34(2)3)78-59(96)44(25-35(4)5)79-58(95)42(16-14-22-73-69(71)72)77-61(98)47(31-88)82-65(102)55(38(10)11)86-60(97)45(27-40-18-20-41(90)21-19-40)80-63(100)50-17-15-23-87(50)67(104)48(32-89)76-52(92)29-75-64(101)54(37(8)9)84-51(91)28-70/h18-21,34-39,42-50,54-56,88-90,107H,13-17,22-33,70H2,1-12H3,(H,74,94)(H,75,101)(H,76,92)(H,77,98)(H,78,96)(H,79,95)(H,80,100)(H,81,99)(H,82,102)(H,83,103)(H,84,91)(H,85,93)(H,86,97)(H,105,106)(H4,71,72,73). The van der Waals surface area contributed by atoms with Crippen molar-refractivity contribution in [3.63, 3.8) is 0 Å². The fraction of sp³-hybridized carbons (Fsp3) is 0.681. The number of aromatic hydroxyl groups is 1. The summed E-state index contributed by atoms with van der Waals surface area (Å²) < 4.78 is 0. The van der Waals surface area contributed by atoms with Gasteiger partial charge in [0.1, 0.15) is 78.3 Å². The Bertz CT molecular complexity index is 3210. The number of carbonyl (C=O) groups is 15. The van der Waals surface area contributed by atoms with Gasteiger partial charge in [-0.3, -0.25) is 72.1 Å². The van der Waals surface area contributed by atoms with Crippen molar-refractivity contribution < 1.29 is 92.3 Å². The second-order valence-corrected chi connectivity index (χ2v) is 28.8. The number of aliphatic hydroxyl groups is 2. The molecule has 1 aromatic rings. The van der Waals surface area contributed by atoms with Crippen LogP contribution in [0.3, 0.4) is 0 Å². The van der Waals surface area contributed by atoms with Crippen LogP contribution in [0.2, 0.25) is 0 Å². The van der Waals surface area contributed by atoms with Crippen molar-refractivity contribution in [2.24, 2.45) is 57.7 Å². The smallest absolute Gasteiger partial charge is 0.326 e. The number of aliphatic carboxylic acids is 1. The molecule has 14 amide bonds. The number of rotatable bonds is 47. The van der Waals surface area contributed by atoms with Gasteiger partial charge in [-0.05, 0) is 98.1 Å². The van der Waals surface area contributed by atoms with Crippen LogP contribution in [0.25, 0.3) is 0 Å². The zero-order chi connectivity index (χ0) is 81.1. The lowest BCUT2D eigenvalue weighted by molar-refractivity contribution is -0.143. The predicted octanol–water partition coefficient (Wildman–Crippen LogP) is -5.00. The van der Waals surface area contributed by atoms with E-state index < -0.39 is 212 Å². The van der Waals surface area contributed by atoms with Gasteiger partial charge in [0.2, 0.25) is 82.7 Å². The first-order valence-electron chi connectivity index (χ1n) is 36.0. The molecule has 13 unspecified atom stereocenters. The van der Waals surface area contributed by atoms with Gasteiger partial charge >= 0.3 is 5.97 Å². The van der Waals surface area contributed by atoms with Crippen LogP contribution in [-0.2, 0) is 78.3 Å². The van der Waals surface area contributed by atoms with Crippen LogP contribution in [0.1, 0.15) is 140 Å². The second kappa shape index (κ2) is 47.3. The minimum absolute atomic E-state index is 0.0211. The van der Waals surface area contributed by atoms with Crippen LogP contribution in [0.4, 0.5) is 0 Å². The number of benzene rings is 1. The van der Waals surface area contributed by atoms with Crippen LogP contribution in [0, 0.1) is 35.5 Å². The predicted molar refractivity (Wildman–Crippen MR) is 396 cm³/mol. The van der Waals surface area contributed by atoms with Crippen molar-refractivity contribution in [1.29, 1.82) is 0 Å². The van der Waals surface area contributed by atoms with Gasteiger partial charge in [0, 0.05) is 25.3 Å². The zero-order valence-corrected chi connectivity index (χ0v) is 64.1. The molecule has 1 heterocycles. The number of guanidine groups is 1. The minimum atomic E-state index is -1.81. The average molecular weight is 1530 g/mol. The first-order valence-corrected chi connectivity index (χ1v) is 36.6. The van der Waals surface area contributed by atoms with Gasteiger partial charge in [-0.15, -0.1) is 0 Å². The van der Waals surface area contributed by atoms with E-state index in [1.165, 1.54) is 24.3 Å². The number of likely N-dealkylation sites (tertiary alicyclic amines) is 1. The van der Waals surface area contributed by atoms with E-state index in [1.54, 1.807) is 83.1 Å². The van der Waals surface area contributed by atoms with Gasteiger partial charge in [0.05, 0.1) is 32.8 Å². The number of carboxylic acid groups (broad SMARTS) is 1. The summed E-state index contributed by atoms with van der Waals surface area (Å²) >= 11 is 4.19. The number of carboxylic acids is 1. The number of nitrogens with one attached hydrogen (secondary N) is 13. The molecule has 1 aliphatic rings. The molecule has 1 aliphatic heterocycles. The van der Waals surface area contributed by atoms with Gasteiger partial charge in [-0.2, -0.15) is 12.6 Å². The number of phenols is 1. The molecular weight excluding hydrogens is 1420 g/mol. The van der Waals surface area contributed by atoms with E-state index in [-0.39, 0.29) is 99.7 Å². The van der Waals surface area contributed by atoms with Gasteiger partial charge in [0.15, 0.2) is 5.96 Å². The van der Waals surface area contributed by atoms with Crippen molar-refractivity contribution >= 4 is 107 Å². The summed E-state index contributed by atoms with van der Waals surface area (Å²) in [5, 5.41) is 73.4. The fourth-order valence-electron chi connectivity index (χ4n) is 11.2. The van der Waals surface area contributed by atoms with Crippen LogP contribution in [0.5, 0.6) is 5.75 Å². The summed E-state index contributed by atoms with van der Waals surface area (Å²) in [5.41, 5.74) is 16.9. The van der Waals surface area contributed by atoms with Gasteiger partial charge in [-0.1, -0.05) is 102 Å². The van der Waals surface area contributed by atoms with E-state index in [2.05, 4.69) is 86.7 Å². The average Bonchev–Trinajstić information content (AvgIpc) is 1.74. The number of thiol groups is 1. The summed E-state index contributed by atoms with van der Waals surface area (Å²) in [6, 6.07) is -11.1. The van der Waals surface area contributed by atoms with Gasteiger partial charge in [-0.25, -0.2) is 4.79 Å². The van der Waals surface area contributed by atoms with Crippen molar-refractivity contribution in [3.05, 3.63) is 29.8 Å². The molecular formula is C69H116N18O19S. The molecule has 1 saturated heterocycles. The lowest BCUT2D eigenvalue weighted by Crippen LogP contribution is -2.62. The Balaban J connectivity index is 2.38. The molecule has 0 saturated carbocycles. The quantitative estimate of drug-likeness (QED) is 0.0126. The Morgan fingerprint density at radius 2 is 0.972 bits per heavy atom. The summed E-state index contributed by atoms with van der Waals surface area (Å²) in [5.74, 6) is -16.2. The third-order valence-corrected chi connectivity index (χ3v) is 17.6. The molecule has 13 atom stereocenters. The van der Waals surface area contributed by atoms with E-state index in [1.807, 2.05) is 0 Å². The normalized spacial score (nSPS) is 16.1. The molecule has 0 radical (unpaired) electrons. The van der Waals surface area contributed by atoms with Crippen molar-refractivity contribution in [3.8, 4) is 5.75 Å². The lowest BCUT2D eigenvalue weighted by atomic mass is 9.97. The topological polar surface area (TPSA) is 587 Å². The maximum Gasteiger partial charge on any atom is 0.326 e.